The minimum atomic E-state index is -2.58. The molecule has 164 valence electrons. The Morgan fingerprint density at radius 2 is 0.897 bits per heavy atom. The molecule has 0 amide bonds. The predicted octanol–water partition coefficient (Wildman–Crippen LogP) is -1.62. The molecule has 4 unspecified atom stereocenters. The van der Waals surface area contributed by atoms with E-state index in [2.05, 4.69) is 0 Å². The van der Waals surface area contributed by atoms with Gasteiger partial charge in [-0.15, -0.1) is 0 Å². The quantitative estimate of drug-likeness (QED) is 0.372. The van der Waals surface area contributed by atoms with Crippen molar-refractivity contribution in [2.75, 3.05) is 6.61 Å². The van der Waals surface area contributed by atoms with Crippen LogP contribution in [0.15, 0.2) is 0 Å². The molecule has 0 bridgehead atoms. The zero-order valence-electron chi connectivity index (χ0n) is 16.6. The molecule has 12 heteroatoms. The van der Waals surface area contributed by atoms with Crippen LogP contribution in [0.25, 0.3) is 0 Å². The Balaban J connectivity index is 3.69. The van der Waals surface area contributed by atoms with Crippen molar-refractivity contribution in [3.8, 4) is 0 Å². The van der Waals surface area contributed by atoms with Gasteiger partial charge in [-0.25, -0.2) is 0 Å². The van der Waals surface area contributed by atoms with Crippen molar-refractivity contribution < 1.29 is 57.9 Å². The number of ether oxygens (including phenoxy) is 5. The fourth-order valence-corrected chi connectivity index (χ4v) is 3.10. The SMILES string of the molecule is CC(=O)OC1C(OC(C)=O)[C@](O)(CO)C(OC(C)=O)C(OC(C)=O)[C@@H]1OC(C)=O. The Kier molecular flexibility index (Phi) is 8.09. The lowest BCUT2D eigenvalue weighted by Crippen LogP contribution is -2.75. The molecule has 0 aliphatic heterocycles. The molecule has 0 saturated heterocycles. The van der Waals surface area contributed by atoms with Crippen molar-refractivity contribution in [3.63, 3.8) is 0 Å². The average molecular weight is 420 g/mol. The van der Waals surface area contributed by atoms with Crippen molar-refractivity contribution in [3.05, 3.63) is 0 Å². The van der Waals surface area contributed by atoms with E-state index in [-0.39, 0.29) is 0 Å². The van der Waals surface area contributed by atoms with Gasteiger partial charge in [-0.05, 0) is 0 Å². The lowest BCUT2D eigenvalue weighted by molar-refractivity contribution is -0.292. The summed E-state index contributed by atoms with van der Waals surface area (Å²) >= 11 is 0. The maximum absolute atomic E-state index is 11.6. The van der Waals surface area contributed by atoms with Gasteiger partial charge >= 0.3 is 29.8 Å². The molecule has 0 aromatic rings. The Labute approximate surface area is 166 Å². The van der Waals surface area contributed by atoms with Gasteiger partial charge in [0.1, 0.15) is 0 Å². The zero-order valence-corrected chi connectivity index (χ0v) is 16.6. The van der Waals surface area contributed by atoms with Crippen LogP contribution in [0.1, 0.15) is 34.6 Å². The molecule has 0 heterocycles. The highest BCUT2D eigenvalue weighted by Crippen LogP contribution is 2.39. The van der Waals surface area contributed by atoms with E-state index in [0.29, 0.717) is 0 Å². The predicted molar refractivity (Wildman–Crippen MR) is 89.8 cm³/mol. The molecular formula is C17H24O12. The molecule has 1 aliphatic rings. The monoisotopic (exact) mass is 420 g/mol. The highest BCUT2D eigenvalue weighted by molar-refractivity contribution is 5.70. The number of carbonyl (C=O) groups excluding carboxylic acids is 5. The van der Waals surface area contributed by atoms with Crippen LogP contribution in [-0.2, 0) is 47.7 Å². The van der Waals surface area contributed by atoms with Crippen LogP contribution in [-0.4, -0.2) is 82.8 Å². The molecular weight excluding hydrogens is 396 g/mol. The van der Waals surface area contributed by atoms with E-state index in [1.54, 1.807) is 0 Å². The highest BCUT2D eigenvalue weighted by Gasteiger charge is 2.66. The minimum absolute atomic E-state index is 0.901. The molecule has 12 nitrogen and oxygen atoms in total. The topological polar surface area (TPSA) is 172 Å². The van der Waals surface area contributed by atoms with Crippen LogP contribution in [0.3, 0.4) is 0 Å². The fourth-order valence-electron chi connectivity index (χ4n) is 3.10. The normalized spacial score (nSPS) is 31.2. The number of hydrogen-bond acceptors (Lipinski definition) is 12. The average Bonchev–Trinajstić information content (AvgIpc) is 2.56. The van der Waals surface area contributed by atoms with E-state index < -0.39 is 72.6 Å². The van der Waals surface area contributed by atoms with Gasteiger partial charge in [0.05, 0.1) is 6.61 Å². The van der Waals surface area contributed by atoms with Crippen LogP contribution in [0.4, 0.5) is 0 Å². The first kappa shape index (κ1) is 24.3. The van der Waals surface area contributed by atoms with E-state index in [9.17, 15) is 34.2 Å². The second kappa shape index (κ2) is 9.65. The number of hydrogen-bond donors (Lipinski definition) is 2. The molecule has 1 saturated carbocycles. The zero-order chi connectivity index (χ0) is 22.5. The minimum Gasteiger partial charge on any atom is -0.455 e. The Morgan fingerprint density at radius 1 is 0.621 bits per heavy atom. The lowest BCUT2D eigenvalue weighted by atomic mass is 9.74. The van der Waals surface area contributed by atoms with Gasteiger partial charge in [-0.1, -0.05) is 0 Å². The van der Waals surface area contributed by atoms with Crippen molar-refractivity contribution in [2.45, 2.75) is 70.7 Å². The molecule has 0 radical (unpaired) electrons. The number of aliphatic hydroxyl groups excluding tert-OH is 1. The summed E-state index contributed by atoms with van der Waals surface area (Å²) in [5.41, 5.74) is -2.58. The summed E-state index contributed by atoms with van der Waals surface area (Å²) in [7, 11) is 0. The van der Waals surface area contributed by atoms with Gasteiger partial charge < -0.3 is 33.9 Å². The van der Waals surface area contributed by atoms with Crippen molar-refractivity contribution in [2.24, 2.45) is 0 Å². The molecule has 29 heavy (non-hydrogen) atoms. The Hall–Kier alpha value is -2.73. The van der Waals surface area contributed by atoms with Crippen LogP contribution in [0.2, 0.25) is 0 Å². The van der Waals surface area contributed by atoms with Gasteiger partial charge in [-0.3, -0.25) is 24.0 Å². The first-order chi connectivity index (χ1) is 13.3. The van der Waals surface area contributed by atoms with E-state index in [1.807, 2.05) is 0 Å². The molecule has 2 N–H and O–H groups in total. The van der Waals surface area contributed by atoms with Crippen LogP contribution >= 0.6 is 0 Å². The van der Waals surface area contributed by atoms with E-state index in [1.165, 1.54) is 0 Å². The summed E-state index contributed by atoms with van der Waals surface area (Å²) in [5, 5.41) is 21.0. The third-order valence-corrected chi connectivity index (χ3v) is 3.98. The third-order valence-electron chi connectivity index (χ3n) is 3.98. The summed E-state index contributed by atoms with van der Waals surface area (Å²) in [6.07, 6.45) is -8.72. The largest absolute Gasteiger partial charge is 0.455 e. The van der Waals surface area contributed by atoms with E-state index >= 15 is 0 Å². The second-order valence-corrected chi connectivity index (χ2v) is 6.43. The van der Waals surface area contributed by atoms with Crippen molar-refractivity contribution >= 4 is 29.8 Å². The molecule has 4 atom stereocenters. The fraction of sp³-hybridized carbons (Fsp3) is 0.706. The summed E-state index contributed by atoms with van der Waals surface area (Å²) < 4.78 is 25.4. The van der Waals surface area contributed by atoms with Crippen molar-refractivity contribution in [1.82, 2.24) is 0 Å². The van der Waals surface area contributed by atoms with Crippen molar-refractivity contribution in [1.29, 1.82) is 0 Å². The Bertz CT molecular complexity index is 627. The summed E-state index contributed by atoms with van der Waals surface area (Å²) in [6, 6.07) is 0. The van der Waals surface area contributed by atoms with Gasteiger partial charge in [0.15, 0.2) is 36.1 Å². The highest BCUT2D eigenvalue weighted by atomic mass is 16.7. The summed E-state index contributed by atoms with van der Waals surface area (Å²) in [5.74, 6) is -4.64. The van der Waals surface area contributed by atoms with Crippen LogP contribution in [0.5, 0.6) is 0 Å². The first-order valence-corrected chi connectivity index (χ1v) is 8.52. The number of esters is 5. The third kappa shape index (κ3) is 5.87. The van der Waals surface area contributed by atoms with Gasteiger partial charge in [0.25, 0.3) is 0 Å². The van der Waals surface area contributed by atoms with Gasteiger partial charge in [0.2, 0.25) is 0 Å². The van der Waals surface area contributed by atoms with E-state index in [4.69, 9.17) is 23.7 Å². The van der Waals surface area contributed by atoms with Crippen LogP contribution < -0.4 is 0 Å². The molecule has 1 fully saturated rings. The van der Waals surface area contributed by atoms with E-state index in [0.717, 1.165) is 34.6 Å². The lowest BCUT2D eigenvalue weighted by Gasteiger charge is -2.51. The number of aliphatic hydroxyl groups is 2. The van der Waals surface area contributed by atoms with Crippen LogP contribution in [0, 0.1) is 0 Å². The standard InChI is InChI=1S/C17H24O12/c1-7(19)25-12-13(26-8(2)20)15(28-10(4)22)17(24,6-18)16(29-11(5)23)14(12)27-9(3)21/h12-16,18,24H,6H2,1-5H3/t12-,13?,14?,15?,16?,17-. The van der Waals surface area contributed by atoms with Gasteiger partial charge in [-0.2, -0.15) is 0 Å². The maximum atomic E-state index is 11.6. The maximum Gasteiger partial charge on any atom is 0.303 e. The molecule has 1 rings (SSSR count). The molecule has 0 aromatic carbocycles. The summed E-state index contributed by atoms with van der Waals surface area (Å²) in [4.78, 5) is 58.1. The number of rotatable bonds is 6. The first-order valence-electron chi connectivity index (χ1n) is 8.52. The molecule has 0 spiro atoms. The second-order valence-electron chi connectivity index (χ2n) is 6.43. The Morgan fingerprint density at radius 3 is 1.14 bits per heavy atom. The summed E-state index contributed by atoms with van der Waals surface area (Å²) in [6.45, 7) is 3.78. The van der Waals surface area contributed by atoms with Gasteiger partial charge in [0, 0.05) is 34.6 Å². The molecule has 0 aromatic heterocycles. The number of carbonyl (C=O) groups is 5. The smallest absolute Gasteiger partial charge is 0.303 e. The molecule has 1 aliphatic carbocycles.